The molecule has 0 radical (unpaired) electrons. The van der Waals surface area contributed by atoms with Gasteiger partial charge in [0.05, 0.1) is 14.2 Å². The van der Waals surface area contributed by atoms with Gasteiger partial charge in [-0.2, -0.15) is 0 Å². The monoisotopic (exact) mass is 362 g/mol. The van der Waals surface area contributed by atoms with Crippen LogP contribution < -0.4 is 9.47 Å². The fourth-order valence-corrected chi connectivity index (χ4v) is 4.52. The standard InChI is InChI=1S/C21H34N2O3/c1-25-20-12-17(13-21(14-20)26-2)15-22-9-10-23(16-19(22)8-11-24)18-6-4-3-5-7-18/h12-14,18-19,24H,3-11,15-16H2,1-2H3/t19-/m0/s1. The summed E-state index contributed by atoms with van der Waals surface area (Å²) >= 11 is 0. The van der Waals surface area contributed by atoms with Gasteiger partial charge >= 0.3 is 0 Å². The minimum absolute atomic E-state index is 0.251. The fourth-order valence-electron chi connectivity index (χ4n) is 4.52. The average molecular weight is 363 g/mol. The van der Waals surface area contributed by atoms with Gasteiger partial charge in [0.25, 0.3) is 0 Å². The summed E-state index contributed by atoms with van der Waals surface area (Å²) < 4.78 is 10.8. The van der Waals surface area contributed by atoms with Crippen molar-refractivity contribution < 1.29 is 14.6 Å². The molecular formula is C21H34N2O3. The van der Waals surface area contributed by atoms with E-state index in [1.165, 1.54) is 37.7 Å². The highest BCUT2D eigenvalue weighted by molar-refractivity contribution is 5.38. The van der Waals surface area contributed by atoms with Crippen molar-refractivity contribution in [3.05, 3.63) is 23.8 Å². The predicted molar refractivity (Wildman–Crippen MR) is 104 cm³/mol. The Balaban J connectivity index is 1.67. The molecule has 0 bridgehead atoms. The van der Waals surface area contributed by atoms with Crippen molar-refractivity contribution in [1.82, 2.24) is 9.80 Å². The molecule has 0 spiro atoms. The lowest BCUT2D eigenvalue weighted by atomic mass is 9.92. The minimum Gasteiger partial charge on any atom is -0.497 e. The quantitative estimate of drug-likeness (QED) is 0.808. The van der Waals surface area contributed by atoms with Gasteiger partial charge in [0.2, 0.25) is 0 Å². The third-order valence-corrected chi connectivity index (χ3v) is 5.99. The van der Waals surface area contributed by atoms with Crippen LogP contribution in [0.15, 0.2) is 18.2 Å². The summed E-state index contributed by atoms with van der Waals surface area (Å²) in [7, 11) is 3.38. The molecule has 1 atom stereocenters. The summed E-state index contributed by atoms with van der Waals surface area (Å²) in [6, 6.07) is 7.25. The van der Waals surface area contributed by atoms with Crippen LogP contribution in [0.3, 0.4) is 0 Å². The van der Waals surface area contributed by atoms with Crippen molar-refractivity contribution in [2.75, 3.05) is 40.5 Å². The molecule has 146 valence electrons. The van der Waals surface area contributed by atoms with Gasteiger partial charge in [0, 0.05) is 50.9 Å². The van der Waals surface area contributed by atoms with E-state index in [4.69, 9.17) is 9.47 Å². The Bertz CT molecular complexity index is 538. The van der Waals surface area contributed by atoms with Crippen LogP contribution in [-0.4, -0.2) is 67.5 Å². The molecule has 5 nitrogen and oxygen atoms in total. The highest BCUT2D eigenvalue weighted by Crippen LogP contribution is 2.28. The van der Waals surface area contributed by atoms with Gasteiger partial charge in [0.1, 0.15) is 11.5 Å². The number of aliphatic hydroxyl groups is 1. The van der Waals surface area contributed by atoms with Gasteiger partial charge in [-0.15, -0.1) is 0 Å². The fraction of sp³-hybridized carbons (Fsp3) is 0.714. The normalized spacial score (nSPS) is 23.1. The summed E-state index contributed by atoms with van der Waals surface area (Å²) in [5.41, 5.74) is 1.20. The highest BCUT2D eigenvalue weighted by atomic mass is 16.5. The maximum atomic E-state index is 9.58. The Morgan fingerprint density at radius 2 is 1.69 bits per heavy atom. The maximum Gasteiger partial charge on any atom is 0.122 e. The number of methoxy groups -OCH3 is 2. The molecule has 1 saturated heterocycles. The number of aliphatic hydroxyl groups excluding tert-OH is 1. The van der Waals surface area contributed by atoms with Crippen LogP contribution in [0.1, 0.15) is 44.1 Å². The summed E-state index contributed by atoms with van der Waals surface area (Å²) in [5, 5.41) is 9.58. The third kappa shape index (κ3) is 4.90. The van der Waals surface area contributed by atoms with E-state index in [-0.39, 0.29) is 6.61 Å². The van der Waals surface area contributed by atoms with E-state index in [9.17, 15) is 5.11 Å². The molecule has 2 aliphatic rings. The second-order valence-electron chi connectivity index (χ2n) is 7.64. The van der Waals surface area contributed by atoms with Crippen molar-refractivity contribution >= 4 is 0 Å². The van der Waals surface area contributed by atoms with E-state index in [0.29, 0.717) is 6.04 Å². The number of ether oxygens (including phenoxy) is 2. The lowest BCUT2D eigenvalue weighted by Gasteiger charge is -2.45. The Hall–Kier alpha value is -1.30. The van der Waals surface area contributed by atoms with Gasteiger partial charge in [-0.25, -0.2) is 0 Å². The molecule has 0 aromatic heterocycles. The second-order valence-corrected chi connectivity index (χ2v) is 7.64. The lowest BCUT2D eigenvalue weighted by Crippen LogP contribution is -2.56. The zero-order valence-electron chi connectivity index (χ0n) is 16.3. The van der Waals surface area contributed by atoms with Crippen LogP contribution >= 0.6 is 0 Å². The van der Waals surface area contributed by atoms with E-state index in [0.717, 1.165) is 50.1 Å². The van der Waals surface area contributed by atoms with Crippen LogP contribution in [0.5, 0.6) is 11.5 Å². The summed E-state index contributed by atoms with van der Waals surface area (Å²) in [5.74, 6) is 1.66. The molecule has 2 fully saturated rings. The zero-order valence-corrected chi connectivity index (χ0v) is 16.3. The largest absolute Gasteiger partial charge is 0.497 e. The van der Waals surface area contributed by atoms with E-state index >= 15 is 0 Å². The summed E-state index contributed by atoms with van der Waals surface area (Å²) in [4.78, 5) is 5.20. The van der Waals surface area contributed by atoms with Gasteiger partial charge < -0.3 is 14.6 Å². The van der Waals surface area contributed by atoms with E-state index in [1.54, 1.807) is 14.2 Å². The van der Waals surface area contributed by atoms with Crippen LogP contribution in [0.25, 0.3) is 0 Å². The number of hydrogen-bond donors (Lipinski definition) is 1. The molecule has 1 heterocycles. The Kier molecular flexibility index (Phi) is 7.17. The van der Waals surface area contributed by atoms with Gasteiger partial charge in [-0.1, -0.05) is 19.3 Å². The van der Waals surface area contributed by atoms with Crippen LogP contribution in [0.4, 0.5) is 0 Å². The first-order valence-electron chi connectivity index (χ1n) is 10.0. The second kappa shape index (κ2) is 9.58. The molecule has 1 aromatic rings. The van der Waals surface area contributed by atoms with Gasteiger partial charge in [0.15, 0.2) is 0 Å². The highest BCUT2D eigenvalue weighted by Gasteiger charge is 2.31. The van der Waals surface area contributed by atoms with Crippen LogP contribution in [0.2, 0.25) is 0 Å². The molecule has 0 amide bonds. The first-order chi connectivity index (χ1) is 12.7. The van der Waals surface area contributed by atoms with Crippen molar-refractivity contribution in [3.8, 4) is 11.5 Å². The van der Waals surface area contributed by atoms with Crippen molar-refractivity contribution in [3.63, 3.8) is 0 Å². The molecule has 0 unspecified atom stereocenters. The molecule has 1 aliphatic heterocycles. The van der Waals surface area contributed by atoms with Gasteiger partial charge in [-0.3, -0.25) is 9.80 Å². The summed E-state index contributed by atoms with van der Waals surface area (Å²) in [6.07, 6.45) is 7.68. The molecule has 1 saturated carbocycles. The minimum atomic E-state index is 0.251. The smallest absolute Gasteiger partial charge is 0.122 e. The number of piperazine rings is 1. The molecule has 1 aromatic carbocycles. The number of benzene rings is 1. The van der Waals surface area contributed by atoms with Crippen LogP contribution in [-0.2, 0) is 6.54 Å². The molecular weight excluding hydrogens is 328 g/mol. The maximum absolute atomic E-state index is 9.58. The number of rotatable bonds is 7. The lowest BCUT2D eigenvalue weighted by molar-refractivity contribution is 0.0221. The Morgan fingerprint density at radius 3 is 2.31 bits per heavy atom. The van der Waals surface area contributed by atoms with Gasteiger partial charge in [-0.05, 0) is 37.0 Å². The Morgan fingerprint density at radius 1 is 1.00 bits per heavy atom. The van der Waals surface area contributed by atoms with Crippen molar-refractivity contribution in [1.29, 1.82) is 0 Å². The number of nitrogens with zero attached hydrogens (tertiary/aromatic N) is 2. The van der Waals surface area contributed by atoms with Crippen molar-refractivity contribution in [2.45, 2.75) is 57.2 Å². The SMILES string of the molecule is COc1cc(CN2CCN(C3CCCCC3)C[C@@H]2CCO)cc(OC)c1. The summed E-state index contributed by atoms with van der Waals surface area (Å²) in [6.45, 7) is 4.39. The van der Waals surface area contributed by atoms with Crippen molar-refractivity contribution in [2.24, 2.45) is 0 Å². The van der Waals surface area contributed by atoms with E-state index in [2.05, 4.69) is 21.9 Å². The third-order valence-electron chi connectivity index (χ3n) is 5.99. The number of hydrogen-bond acceptors (Lipinski definition) is 5. The topological polar surface area (TPSA) is 45.2 Å². The molecule has 5 heteroatoms. The first-order valence-corrected chi connectivity index (χ1v) is 10.0. The predicted octanol–water partition coefficient (Wildman–Crippen LogP) is 2.91. The first kappa shape index (κ1) is 19.5. The average Bonchev–Trinajstić information content (AvgIpc) is 2.69. The van der Waals surface area contributed by atoms with E-state index < -0.39 is 0 Å². The molecule has 3 rings (SSSR count). The molecule has 1 aliphatic carbocycles. The molecule has 1 N–H and O–H groups in total. The van der Waals surface area contributed by atoms with Crippen LogP contribution in [0, 0.1) is 0 Å². The molecule has 26 heavy (non-hydrogen) atoms. The Labute approximate surface area is 157 Å². The zero-order chi connectivity index (χ0) is 18.4. The van der Waals surface area contributed by atoms with E-state index in [1.807, 2.05) is 6.07 Å².